The van der Waals surface area contributed by atoms with Crippen molar-refractivity contribution in [3.63, 3.8) is 0 Å². The number of ether oxygens (including phenoxy) is 1. The van der Waals surface area contributed by atoms with E-state index in [0.717, 1.165) is 24.6 Å². The summed E-state index contributed by atoms with van der Waals surface area (Å²) >= 11 is 0. The topological polar surface area (TPSA) is 21.3 Å². The molecule has 0 saturated carbocycles. The van der Waals surface area contributed by atoms with E-state index in [1.807, 2.05) is 12.1 Å². The van der Waals surface area contributed by atoms with Crippen LogP contribution in [-0.4, -0.2) is 19.7 Å². The summed E-state index contributed by atoms with van der Waals surface area (Å²) in [7, 11) is 1.71. The highest BCUT2D eigenvalue weighted by Gasteiger charge is 2.02. The van der Waals surface area contributed by atoms with E-state index < -0.39 is 0 Å². The Morgan fingerprint density at radius 1 is 1.05 bits per heavy atom. The molecule has 0 saturated heterocycles. The molecule has 0 radical (unpaired) electrons. The molecule has 0 amide bonds. The van der Waals surface area contributed by atoms with E-state index in [1.165, 1.54) is 24.8 Å². The second-order valence-corrected chi connectivity index (χ2v) is 5.78. The van der Waals surface area contributed by atoms with E-state index in [4.69, 9.17) is 4.74 Å². The van der Waals surface area contributed by atoms with Crippen LogP contribution < -0.4 is 10.1 Å². The Hall–Kier alpha value is -1.02. The van der Waals surface area contributed by atoms with E-state index in [1.54, 1.807) is 7.11 Å². The fourth-order valence-electron chi connectivity index (χ4n) is 2.14. The largest absolute Gasteiger partial charge is 0.497 e. The van der Waals surface area contributed by atoms with E-state index in [2.05, 4.69) is 38.2 Å². The first kappa shape index (κ1) is 16.0. The molecular formula is C17H29NO. The van der Waals surface area contributed by atoms with Gasteiger partial charge in [0.05, 0.1) is 7.11 Å². The maximum Gasteiger partial charge on any atom is 0.118 e. The summed E-state index contributed by atoms with van der Waals surface area (Å²) in [4.78, 5) is 0. The lowest BCUT2D eigenvalue weighted by atomic mass is 10.1. The highest BCUT2D eigenvalue weighted by atomic mass is 16.5. The normalized spacial score (nSPS) is 12.7. The number of benzene rings is 1. The molecule has 0 aliphatic heterocycles. The Bertz CT molecular complexity index is 332. The SMILES string of the molecule is COc1ccc(CCC(C)NCCCC(C)C)cc1. The summed E-state index contributed by atoms with van der Waals surface area (Å²) in [5.74, 6) is 1.75. The standard InChI is InChI=1S/C17H29NO/c1-14(2)6-5-13-18-15(3)7-8-16-9-11-17(19-4)12-10-16/h9-12,14-15,18H,5-8,13H2,1-4H3. The van der Waals surface area contributed by atoms with Gasteiger partial charge in [-0.3, -0.25) is 0 Å². The molecule has 0 aliphatic carbocycles. The summed E-state index contributed by atoms with van der Waals surface area (Å²) in [5, 5.41) is 3.61. The summed E-state index contributed by atoms with van der Waals surface area (Å²) in [5.41, 5.74) is 1.39. The van der Waals surface area contributed by atoms with Crippen molar-refractivity contribution in [3.05, 3.63) is 29.8 Å². The van der Waals surface area contributed by atoms with Crippen molar-refractivity contribution in [3.8, 4) is 5.75 Å². The molecule has 1 aromatic carbocycles. The minimum atomic E-state index is 0.592. The van der Waals surface area contributed by atoms with E-state index in [0.29, 0.717) is 6.04 Å². The molecular weight excluding hydrogens is 234 g/mol. The predicted molar refractivity (Wildman–Crippen MR) is 82.9 cm³/mol. The van der Waals surface area contributed by atoms with Crippen LogP contribution >= 0.6 is 0 Å². The maximum atomic E-state index is 5.17. The summed E-state index contributed by atoms with van der Waals surface area (Å²) in [6.07, 6.45) is 4.92. The Balaban J connectivity index is 2.16. The minimum absolute atomic E-state index is 0.592. The fourth-order valence-corrected chi connectivity index (χ4v) is 2.14. The van der Waals surface area contributed by atoms with Crippen molar-refractivity contribution in [2.45, 2.75) is 52.5 Å². The van der Waals surface area contributed by atoms with Crippen LogP contribution in [0.3, 0.4) is 0 Å². The zero-order chi connectivity index (χ0) is 14.1. The van der Waals surface area contributed by atoms with Gasteiger partial charge in [-0.2, -0.15) is 0 Å². The smallest absolute Gasteiger partial charge is 0.118 e. The molecule has 1 unspecified atom stereocenters. The number of aryl methyl sites for hydroxylation is 1. The first-order valence-electron chi connectivity index (χ1n) is 7.48. The minimum Gasteiger partial charge on any atom is -0.497 e. The van der Waals surface area contributed by atoms with Crippen LogP contribution in [0.25, 0.3) is 0 Å². The lowest BCUT2D eigenvalue weighted by Gasteiger charge is -2.14. The third kappa shape index (κ3) is 7.22. The summed E-state index contributed by atoms with van der Waals surface area (Å²) in [6.45, 7) is 7.99. The fraction of sp³-hybridized carbons (Fsp3) is 0.647. The molecule has 0 aliphatic rings. The first-order valence-corrected chi connectivity index (χ1v) is 7.48. The van der Waals surface area contributed by atoms with Crippen molar-refractivity contribution >= 4 is 0 Å². The summed E-state index contributed by atoms with van der Waals surface area (Å²) in [6, 6.07) is 8.98. The number of rotatable bonds is 9. The lowest BCUT2D eigenvalue weighted by molar-refractivity contribution is 0.414. The molecule has 1 aromatic rings. The number of hydrogen-bond acceptors (Lipinski definition) is 2. The van der Waals surface area contributed by atoms with E-state index >= 15 is 0 Å². The van der Waals surface area contributed by atoms with Gasteiger partial charge in [0.15, 0.2) is 0 Å². The van der Waals surface area contributed by atoms with Gasteiger partial charge in [0.25, 0.3) is 0 Å². The molecule has 2 nitrogen and oxygen atoms in total. The zero-order valence-electron chi connectivity index (χ0n) is 12.9. The van der Waals surface area contributed by atoms with Gasteiger partial charge in [0.2, 0.25) is 0 Å². The Morgan fingerprint density at radius 3 is 2.32 bits per heavy atom. The van der Waals surface area contributed by atoms with Crippen LogP contribution in [-0.2, 0) is 6.42 Å². The number of methoxy groups -OCH3 is 1. The Morgan fingerprint density at radius 2 is 1.74 bits per heavy atom. The van der Waals surface area contributed by atoms with E-state index in [9.17, 15) is 0 Å². The lowest BCUT2D eigenvalue weighted by Crippen LogP contribution is -2.27. The maximum absolute atomic E-state index is 5.17. The third-order valence-electron chi connectivity index (χ3n) is 3.48. The number of hydrogen-bond donors (Lipinski definition) is 1. The van der Waals surface area contributed by atoms with Gasteiger partial charge >= 0.3 is 0 Å². The average molecular weight is 263 g/mol. The van der Waals surface area contributed by atoms with Gasteiger partial charge in [-0.1, -0.05) is 26.0 Å². The van der Waals surface area contributed by atoms with E-state index in [-0.39, 0.29) is 0 Å². The molecule has 1 rings (SSSR count). The average Bonchev–Trinajstić information content (AvgIpc) is 2.41. The molecule has 19 heavy (non-hydrogen) atoms. The molecule has 1 atom stereocenters. The highest BCUT2D eigenvalue weighted by Crippen LogP contribution is 2.13. The Kier molecular flexibility index (Phi) is 7.57. The van der Waals surface area contributed by atoms with Crippen molar-refractivity contribution in [1.82, 2.24) is 5.32 Å². The van der Waals surface area contributed by atoms with Gasteiger partial charge in [0, 0.05) is 6.04 Å². The van der Waals surface area contributed by atoms with Crippen LogP contribution in [0.2, 0.25) is 0 Å². The quantitative estimate of drug-likeness (QED) is 0.679. The predicted octanol–water partition coefficient (Wildman–Crippen LogP) is 4.04. The van der Waals surface area contributed by atoms with Gasteiger partial charge in [-0.15, -0.1) is 0 Å². The Labute approximate surface area is 118 Å². The first-order chi connectivity index (χ1) is 9.11. The zero-order valence-corrected chi connectivity index (χ0v) is 12.9. The van der Waals surface area contributed by atoms with Crippen LogP contribution in [0.1, 0.15) is 45.6 Å². The molecule has 0 aromatic heterocycles. The molecule has 0 heterocycles. The number of nitrogens with one attached hydrogen (secondary N) is 1. The van der Waals surface area contributed by atoms with Crippen molar-refractivity contribution in [2.75, 3.05) is 13.7 Å². The monoisotopic (exact) mass is 263 g/mol. The molecule has 0 fully saturated rings. The van der Waals surface area contributed by atoms with Gasteiger partial charge in [-0.25, -0.2) is 0 Å². The summed E-state index contributed by atoms with van der Waals surface area (Å²) < 4.78 is 5.17. The molecule has 0 spiro atoms. The van der Waals surface area contributed by atoms with Crippen molar-refractivity contribution in [2.24, 2.45) is 5.92 Å². The second kappa shape index (κ2) is 8.98. The highest BCUT2D eigenvalue weighted by molar-refractivity contribution is 5.27. The molecule has 1 N–H and O–H groups in total. The van der Waals surface area contributed by atoms with Crippen molar-refractivity contribution < 1.29 is 4.74 Å². The van der Waals surface area contributed by atoms with Crippen LogP contribution in [0, 0.1) is 5.92 Å². The van der Waals surface area contributed by atoms with Gasteiger partial charge in [-0.05, 0) is 62.8 Å². The molecule has 0 bridgehead atoms. The van der Waals surface area contributed by atoms with Gasteiger partial charge in [0.1, 0.15) is 5.75 Å². The van der Waals surface area contributed by atoms with Crippen LogP contribution in [0.15, 0.2) is 24.3 Å². The second-order valence-electron chi connectivity index (χ2n) is 5.78. The van der Waals surface area contributed by atoms with Crippen LogP contribution in [0.5, 0.6) is 5.75 Å². The van der Waals surface area contributed by atoms with Crippen LogP contribution in [0.4, 0.5) is 0 Å². The molecule has 108 valence electrons. The van der Waals surface area contributed by atoms with Gasteiger partial charge < -0.3 is 10.1 Å². The van der Waals surface area contributed by atoms with Crippen molar-refractivity contribution in [1.29, 1.82) is 0 Å². The molecule has 2 heteroatoms. The third-order valence-corrected chi connectivity index (χ3v) is 3.48.